The van der Waals surface area contributed by atoms with Crippen molar-refractivity contribution >= 4 is 23.5 Å². The highest BCUT2D eigenvalue weighted by molar-refractivity contribution is 6.30. The van der Waals surface area contributed by atoms with Crippen molar-refractivity contribution < 1.29 is 9.53 Å². The quantitative estimate of drug-likeness (QED) is 0.866. The van der Waals surface area contributed by atoms with Crippen LogP contribution in [0.4, 0.5) is 5.95 Å². The van der Waals surface area contributed by atoms with E-state index in [9.17, 15) is 4.79 Å². The van der Waals surface area contributed by atoms with Crippen molar-refractivity contribution in [1.29, 1.82) is 0 Å². The molecule has 6 nitrogen and oxygen atoms in total. The van der Waals surface area contributed by atoms with Gasteiger partial charge in [-0.3, -0.25) is 10.1 Å². The number of aromatic nitrogens is 3. The largest absolute Gasteiger partial charge is 0.493 e. The summed E-state index contributed by atoms with van der Waals surface area (Å²) in [7, 11) is 0. The average Bonchev–Trinajstić information content (AvgIpc) is 2.82. The molecule has 0 atom stereocenters. The predicted octanol–water partition coefficient (Wildman–Crippen LogP) is 1.87. The van der Waals surface area contributed by atoms with Crippen LogP contribution in [0.2, 0.25) is 5.02 Å². The SMILES string of the molecule is O=C(CCOc1cccc(Cl)c1)Nc1ncn[nH]1. The number of halogens is 1. The third-order valence-corrected chi connectivity index (χ3v) is 2.30. The van der Waals surface area contributed by atoms with Crippen LogP contribution in [0.25, 0.3) is 0 Å². The summed E-state index contributed by atoms with van der Waals surface area (Å²) in [5.74, 6) is 0.756. The van der Waals surface area contributed by atoms with Crippen molar-refractivity contribution in [3.63, 3.8) is 0 Å². The Labute approximate surface area is 108 Å². The maximum atomic E-state index is 11.5. The molecule has 0 aliphatic rings. The number of nitrogens with one attached hydrogen (secondary N) is 2. The van der Waals surface area contributed by atoms with Gasteiger partial charge < -0.3 is 4.74 Å². The second-order valence-corrected chi connectivity index (χ2v) is 3.87. The molecule has 1 amide bonds. The normalized spacial score (nSPS) is 10.1. The van der Waals surface area contributed by atoms with Gasteiger partial charge in [0.05, 0.1) is 13.0 Å². The van der Waals surface area contributed by atoms with Crippen LogP contribution >= 0.6 is 11.6 Å². The van der Waals surface area contributed by atoms with Crippen molar-refractivity contribution in [3.05, 3.63) is 35.6 Å². The summed E-state index contributed by atoms with van der Waals surface area (Å²) >= 11 is 5.80. The van der Waals surface area contributed by atoms with E-state index >= 15 is 0 Å². The van der Waals surface area contributed by atoms with Crippen LogP contribution in [-0.2, 0) is 4.79 Å². The number of anilines is 1. The van der Waals surface area contributed by atoms with Gasteiger partial charge in [-0.05, 0) is 18.2 Å². The summed E-state index contributed by atoms with van der Waals surface area (Å²) in [6, 6.07) is 7.01. The van der Waals surface area contributed by atoms with Gasteiger partial charge in [0.15, 0.2) is 0 Å². The van der Waals surface area contributed by atoms with Crippen molar-refractivity contribution in [1.82, 2.24) is 15.2 Å². The van der Waals surface area contributed by atoms with Crippen LogP contribution in [0, 0.1) is 0 Å². The summed E-state index contributed by atoms with van der Waals surface area (Å²) in [6.07, 6.45) is 1.53. The van der Waals surface area contributed by atoms with Gasteiger partial charge >= 0.3 is 0 Å². The smallest absolute Gasteiger partial charge is 0.230 e. The molecule has 0 aliphatic heterocycles. The molecule has 0 saturated heterocycles. The van der Waals surface area contributed by atoms with E-state index in [1.165, 1.54) is 6.33 Å². The molecular formula is C11H11ClN4O2. The molecule has 94 valence electrons. The van der Waals surface area contributed by atoms with Crippen molar-refractivity contribution in [2.75, 3.05) is 11.9 Å². The molecule has 7 heteroatoms. The van der Waals surface area contributed by atoms with Crippen LogP contribution in [0.5, 0.6) is 5.75 Å². The van der Waals surface area contributed by atoms with E-state index in [1.54, 1.807) is 24.3 Å². The fraction of sp³-hybridized carbons (Fsp3) is 0.182. The molecule has 0 saturated carbocycles. The third kappa shape index (κ3) is 3.74. The van der Waals surface area contributed by atoms with Crippen LogP contribution < -0.4 is 10.1 Å². The van der Waals surface area contributed by atoms with Crippen LogP contribution in [0.3, 0.4) is 0 Å². The summed E-state index contributed by atoms with van der Waals surface area (Å²) in [5.41, 5.74) is 0. The van der Waals surface area contributed by atoms with E-state index in [-0.39, 0.29) is 18.9 Å². The lowest BCUT2D eigenvalue weighted by molar-refractivity contribution is -0.116. The molecule has 1 aromatic carbocycles. The van der Waals surface area contributed by atoms with Gasteiger partial charge in [0.2, 0.25) is 11.9 Å². The molecule has 0 spiro atoms. The van der Waals surface area contributed by atoms with E-state index in [1.807, 2.05) is 0 Å². The fourth-order valence-electron chi connectivity index (χ4n) is 1.28. The van der Waals surface area contributed by atoms with E-state index in [2.05, 4.69) is 20.5 Å². The predicted molar refractivity (Wildman–Crippen MR) is 66.6 cm³/mol. The van der Waals surface area contributed by atoms with E-state index in [0.717, 1.165) is 0 Å². The van der Waals surface area contributed by atoms with Crippen molar-refractivity contribution in [3.8, 4) is 5.75 Å². The van der Waals surface area contributed by atoms with Gasteiger partial charge in [-0.15, -0.1) is 0 Å². The summed E-state index contributed by atoms with van der Waals surface area (Å²) in [4.78, 5) is 15.2. The zero-order valence-corrected chi connectivity index (χ0v) is 10.1. The van der Waals surface area contributed by atoms with Gasteiger partial charge in [-0.1, -0.05) is 17.7 Å². The van der Waals surface area contributed by atoms with E-state index in [0.29, 0.717) is 16.7 Å². The number of benzene rings is 1. The van der Waals surface area contributed by atoms with Crippen LogP contribution in [0.15, 0.2) is 30.6 Å². The number of carbonyl (C=O) groups excluding carboxylic acids is 1. The van der Waals surface area contributed by atoms with Crippen LogP contribution in [0.1, 0.15) is 6.42 Å². The monoisotopic (exact) mass is 266 g/mol. The molecular weight excluding hydrogens is 256 g/mol. The number of rotatable bonds is 5. The summed E-state index contributed by atoms with van der Waals surface area (Å²) < 4.78 is 5.39. The average molecular weight is 267 g/mol. The highest BCUT2D eigenvalue weighted by atomic mass is 35.5. The first-order valence-corrected chi connectivity index (χ1v) is 5.65. The Morgan fingerprint density at radius 1 is 1.50 bits per heavy atom. The second kappa shape index (κ2) is 6.02. The maximum absolute atomic E-state index is 11.5. The first-order valence-electron chi connectivity index (χ1n) is 5.27. The van der Waals surface area contributed by atoms with Crippen molar-refractivity contribution in [2.45, 2.75) is 6.42 Å². The fourth-order valence-corrected chi connectivity index (χ4v) is 1.46. The minimum atomic E-state index is -0.200. The number of carbonyl (C=O) groups is 1. The first kappa shape index (κ1) is 12.4. The lowest BCUT2D eigenvalue weighted by atomic mass is 10.3. The number of nitrogens with zero attached hydrogens (tertiary/aromatic N) is 2. The lowest BCUT2D eigenvalue weighted by Crippen LogP contribution is -2.16. The molecule has 1 heterocycles. The van der Waals surface area contributed by atoms with Gasteiger partial charge in [0.1, 0.15) is 12.1 Å². The highest BCUT2D eigenvalue weighted by Crippen LogP contribution is 2.17. The lowest BCUT2D eigenvalue weighted by Gasteiger charge is -2.05. The number of hydrogen-bond acceptors (Lipinski definition) is 4. The molecule has 0 bridgehead atoms. The van der Waals surface area contributed by atoms with E-state index in [4.69, 9.17) is 16.3 Å². The highest BCUT2D eigenvalue weighted by Gasteiger charge is 2.04. The molecule has 2 aromatic rings. The molecule has 2 N–H and O–H groups in total. The van der Waals surface area contributed by atoms with Gasteiger partial charge in [-0.2, -0.15) is 10.1 Å². The Morgan fingerprint density at radius 3 is 3.11 bits per heavy atom. The Bertz CT molecular complexity index is 516. The molecule has 0 fully saturated rings. The first-order chi connectivity index (χ1) is 8.74. The van der Waals surface area contributed by atoms with Crippen molar-refractivity contribution in [2.24, 2.45) is 0 Å². The Morgan fingerprint density at radius 2 is 2.39 bits per heavy atom. The standard InChI is InChI=1S/C11H11ClN4O2/c12-8-2-1-3-9(6-8)18-5-4-10(17)15-11-13-7-14-16-11/h1-3,6-7H,4-5H2,(H2,13,14,15,16,17). The Hall–Kier alpha value is -2.08. The Kier molecular flexibility index (Phi) is 4.14. The molecule has 0 unspecified atom stereocenters. The number of ether oxygens (including phenoxy) is 1. The minimum absolute atomic E-state index is 0.200. The van der Waals surface area contributed by atoms with Gasteiger partial charge in [0.25, 0.3) is 0 Å². The second-order valence-electron chi connectivity index (χ2n) is 3.44. The minimum Gasteiger partial charge on any atom is -0.493 e. The zero-order valence-electron chi connectivity index (χ0n) is 9.39. The Balaban J connectivity index is 1.73. The van der Waals surface area contributed by atoms with Gasteiger partial charge in [-0.25, -0.2) is 5.10 Å². The van der Waals surface area contributed by atoms with E-state index < -0.39 is 0 Å². The zero-order chi connectivity index (χ0) is 12.8. The summed E-state index contributed by atoms with van der Waals surface area (Å²) in [6.45, 7) is 0.264. The number of H-pyrrole nitrogens is 1. The molecule has 0 radical (unpaired) electrons. The van der Waals surface area contributed by atoms with Gasteiger partial charge in [0, 0.05) is 5.02 Å². The summed E-state index contributed by atoms with van der Waals surface area (Å²) in [5, 5.41) is 9.29. The molecule has 1 aromatic heterocycles. The number of amides is 1. The molecule has 0 aliphatic carbocycles. The molecule has 2 rings (SSSR count). The molecule has 18 heavy (non-hydrogen) atoms. The maximum Gasteiger partial charge on any atom is 0.230 e. The van der Waals surface area contributed by atoms with Crippen LogP contribution in [-0.4, -0.2) is 27.7 Å². The number of aromatic amines is 1. The topological polar surface area (TPSA) is 79.9 Å². The third-order valence-electron chi connectivity index (χ3n) is 2.07. The number of hydrogen-bond donors (Lipinski definition) is 2.